The Balaban J connectivity index is 1.25. The molecule has 180 valence electrons. The van der Waals surface area contributed by atoms with E-state index in [0.29, 0.717) is 18.0 Å². The van der Waals surface area contributed by atoms with E-state index in [1.807, 2.05) is 42.5 Å². The van der Waals surface area contributed by atoms with Crippen molar-refractivity contribution in [2.24, 2.45) is 5.10 Å². The van der Waals surface area contributed by atoms with Crippen molar-refractivity contribution in [1.29, 1.82) is 0 Å². The molecule has 5 rings (SSSR count). The zero-order valence-corrected chi connectivity index (χ0v) is 19.5. The molecule has 11 heteroatoms. The van der Waals surface area contributed by atoms with E-state index in [4.69, 9.17) is 10.5 Å². The Morgan fingerprint density at radius 1 is 1.08 bits per heavy atom. The Morgan fingerprint density at radius 3 is 2.64 bits per heavy atom. The molecule has 0 aliphatic rings. The number of hydrogen-bond acceptors (Lipinski definition) is 9. The van der Waals surface area contributed by atoms with Crippen LogP contribution in [-0.2, 0) is 6.61 Å². The lowest BCUT2D eigenvalue weighted by Gasteiger charge is -2.10. The molecule has 0 unspecified atom stereocenters. The maximum absolute atomic E-state index is 12.8. The van der Waals surface area contributed by atoms with Crippen molar-refractivity contribution in [1.82, 2.24) is 30.7 Å². The van der Waals surface area contributed by atoms with Gasteiger partial charge in [0, 0.05) is 0 Å². The smallest absolute Gasteiger partial charge is 0.292 e. The van der Waals surface area contributed by atoms with E-state index >= 15 is 0 Å². The van der Waals surface area contributed by atoms with E-state index in [9.17, 15) is 4.79 Å². The van der Waals surface area contributed by atoms with Gasteiger partial charge in [-0.3, -0.25) is 4.79 Å². The minimum atomic E-state index is -0.533. The van der Waals surface area contributed by atoms with Crippen LogP contribution in [0, 0.1) is 6.92 Å². The zero-order chi connectivity index (χ0) is 25.1. The fourth-order valence-corrected chi connectivity index (χ4v) is 3.73. The predicted octanol–water partition coefficient (Wildman–Crippen LogP) is 3.43. The van der Waals surface area contributed by atoms with Crippen molar-refractivity contribution in [3.05, 3.63) is 89.2 Å². The molecule has 3 aromatic carbocycles. The van der Waals surface area contributed by atoms with Gasteiger partial charge in [-0.2, -0.15) is 9.78 Å². The Labute approximate surface area is 205 Å². The molecule has 0 saturated heterocycles. The Hall–Kier alpha value is -5.06. The number of hydrogen-bond donors (Lipinski definition) is 2. The molecule has 0 atom stereocenters. The van der Waals surface area contributed by atoms with Gasteiger partial charge in [0.15, 0.2) is 5.69 Å². The fraction of sp³-hybridized carbons (Fsp3) is 0.120. The van der Waals surface area contributed by atoms with Crippen LogP contribution in [0.3, 0.4) is 0 Å². The second kappa shape index (κ2) is 9.66. The molecular weight excluding hydrogens is 460 g/mol. The van der Waals surface area contributed by atoms with Crippen molar-refractivity contribution in [2.45, 2.75) is 20.5 Å². The van der Waals surface area contributed by atoms with Crippen LogP contribution in [0.1, 0.15) is 34.2 Å². The summed E-state index contributed by atoms with van der Waals surface area (Å²) < 4.78 is 11.7. The summed E-state index contributed by atoms with van der Waals surface area (Å²) >= 11 is 0. The van der Waals surface area contributed by atoms with Gasteiger partial charge in [-0.15, -0.1) is 5.10 Å². The molecule has 0 saturated carbocycles. The summed E-state index contributed by atoms with van der Waals surface area (Å²) in [5, 5.41) is 21.5. The summed E-state index contributed by atoms with van der Waals surface area (Å²) in [5.74, 6) is 0.249. The lowest BCUT2D eigenvalue weighted by Crippen LogP contribution is -2.24. The monoisotopic (exact) mass is 482 g/mol. The van der Waals surface area contributed by atoms with Crippen molar-refractivity contribution in [3.63, 3.8) is 0 Å². The number of carbonyl (C=O) groups excluding carboxylic acids is 1. The topological polar surface area (TPSA) is 146 Å². The first-order valence-corrected chi connectivity index (χ1v) is 11.1. The summed E-state index contributed by atoms with van der Waals surface area (Å²) in [7, 11) is 0. The highest BCUT2D eigenvalue weighted by Crippen LogP contribution is 2.21. The number of benzene rings is 3. The van der Waals surface area contributed by atoms with E-state index in [2.05, 4.69) is 60.0 Å². The summed E-state index contributed by atoms with van der Waals surface area (Å²) in [4.78, 5) is 12.8. The average molecular weight is 483 g/mol. The number of aryl methyl sites for hydroxylation is 1. The summed E-state index contributed by atoms with van der Waals surface area (Å²) in [6, 6.07) is 21.9. The number of nitrogens with one attached hydrogen (secondary N) is 1. The van der Waals surface area contributed by atoms with Crippen LogP contribution in [0.2, 0.25) is 0 Å². The maximum Gasteiger partial charge on any atom is 0.292 e. The van der Waals surface area contributed by atoms with Crippen LogP contribution in [0.15, 0.2) is 76.5 Å². The average Bonchev–Trinajstić information content (AvgIpc) is 3.50. The van der Waals surface area contributed by atoms with Crippen molar-refractivity contribution < 1.29 is 14.2 Å². The van der Waals surface area contributed by atoms with Crippen molar-refractivity contribution in [3.8, 4) is 11.6 Å². The molecule has 0 bridgehead atoms. The van der Waals surface area contributed by atoms with Gasteiger partial charge in [0.05, 0.1) is 11.4 Å². The van der Waals surface area contributed by atoms with Crippen LogP contribution in [0.4, 0.5) is 5.82 Å². The molecule has 36 heavy (non-hydrogen) atoms. The molecule has 2 heterocycles. The van der Waals surface area contributed by atoms with Gasteiger partial charge in [-0.05, 0) is 70.3 Å². The number of rotatable bonds is 7. The van der Waals surface area contributed by atoms with E-state index in [1.54, 1.807) is 13.8 Å². The highest BCUT2D eigenvalue weighted by atomic mass is 16.6. The number of nitrogens with zero attached hydrogens (tertiary/aromatic N) is 6. The number of ether oxygens (including phenoxy) is 1. The van der Waals surface area contributed by atoms with Gasteiger partial charge in [-0.25, -0.2) is 10.1 Å². The SMILES string of the molecule is C/C(=N\NC(=O)c1c(C)nnn1-c1nonc1N)c1ccc(OCc2cccc3ccccc23)cc1. The first-order valence-electron chi connectivity index (χ1n) is 11.1. The molecule has 0 fully saturated rings. The van der Waals surface area contributed by atoms with Gasteiger partial charge in [-0.1, -0.05) is 47.7 Å². The van der Waals surface area contributed by atoms with Gasteiger partial charge in [0.1, 0.15) is 12.4 Å². The van der Waals surface area contributed by atoms with Crippen molar-refractivity contribution in [2.75, 3.05) is 5.73 Å². The van der Waals surface area contributed by atoms with Gasteiger partial charge in [0.25, 0.3) is 5.91 Å². The molecule has 0 spiro atoms. The standard InChI is InChI=1S/C25H22N8O3/c1-15(27-29-25(34)22-16(2)28-32-33(22)24-23(26)30-36-31-24)17-10-12-20(13-11-17)35-14-19-8-5-7-18-6-3-4-9-21(18)19/h3-13H,14H2,1-2H3,(H2,26,30)(H,29,34)/b27-15+. The highest BCUT2D eigenvalue weighted by molar-refractivity contribution is 6.01. The van der Waals surface area contributed by atoms with E-state index in [0.717, 1.165) is 21.6 Å². The van der Waals surface area contributed by atoms with Crippen LogP contribution >= 0.6 is 0 Å². The Bertz CT molecular complexity index is 1560. The minimum absolute atomic E-state index is 0.0172. The third kappa shape index (κ3) is 4.49. The number of nitrogen functional groups attached to an aromatic ring is 1. The van der Waals surface area contributed by atoms with Gasteiger partial charge < -0.3 is 10.5 Å². The van der Waals surface area contributed by atoms with Crippen LogP contribution in [0.5, 0.6) is 5.75 Å². The number of hydrazone groups is 1. The number of amides is 1. The van der Waals surface area contributed by atoms with E-state index in [1.165, 1.54) is 10.8 Å². The lowest BCUT2D eigenvalue weighted by molar-refractivity contribution is 0.0946. The third-order valence-electron chi connectivity index (χ3n) is 5.62. The van der Waals surface area contributed by atoms with Crippen LogP contribution in [0.25, 0.3) is 16.6 Å². The molecule has 3 N–H and O–H groups in total. The van der Waals surface area contributed by atoms with Crippen LogP contribution in [-0.4, -0.2) is 36.9 Å². The third-order valence-corrected chi connectivity index (χ3v) is 5.62. The molecule has 11 nitrogen and oxygen atoms in total. The van der Waals surface area contributed by atoms with Gasteiger partial charge >= 0.3 is 0 Å². The second-order valence-electron chi connectivity index (χ2n) is 8.00. The Kier molecular flexibility index (Phi) is 6.10. The number of fused-ring (bicyclic) bond motifs is 1. The van der Waals surface area contributed by atoms with E-state index < -0.39 is 5.91 Å². The highest BCUT2D eigenvalue weighted by Gasteiger charge is 2.23. The lowest BCUT2D eigenvalue weighted by atomic mass is 10.1. The fourth-order valence-electron chi connectivity index (χ4n) is 3.73. The molecule has 0 radical (unpaired) electrons. The summed E-state index contributed by atoms with van der Waals surface area (Å²) in [6.45, 7) is 3.88. The molecular formula is C25H22N8O3. The van der Waals surface area contributed by atoms with E-state index in [-0.39, 0.29) is 17.3 Å². The first-order chi connectivity index (χ1) is 17.5. The normalized spacial score (nSPS) is 11.6. The molecule has 1 amide bonds. The maximum atomic E-state index is 12.8. The molecule has 0 aliphatic heterocycles. The second-order valence-corrected chi connectivity index (χ2v) is 8.00. The molecule has 5 aromatic rings. The first kappa shape index (κ1) is 22.7. The summed E-state index contributed by atoms with van der Waals surface area (Å²) in [5.41, 5.74) is 11.3. The largest absolute Gasteiger partial charge is 0.489 e. The number of nitrogens with two attached hydrogens (primary N) is 1. The van der Waals surface area contributed by atoms with Crippen molar-refractivity contribution >= 4 is 28.2 Å². The zero-order valence-electron chi connectivity index (χ0n) is 19.5. The number of anilines is 1. The number of carbonyl (C=O) groups is 1. The summed E-state index contributed by atoms with van der Waals surface area (Å²) in [6.07, 6.45) is 0. The predicted molar refractivity (Wildman–Crippen MR) is 133 cm³/mol. The van der Waals surface area contributed by atoms with Crippen LogP contribution < -0.4 is 15.9 Å². The number of aromatic nitrogens is 5. The Morgan fingerprint density at radius 2 is 1.86 bits per heavy atom. The quantitative estimate of drug-likeness (QED) is 0.265. The minimum Gasteiger partial charge on any atom is -0.489 e. The molecule has 0 aliphatic carbocycles. The molecule has 2 aromatic heterocycles. The van der Waals surface area contributed by atoms with Gasteiger partial charge in [0.2, 0.25) is 11.6 Å².